The summed E-state index contributed by atoms with van der Waals surface area (Å²) in [6.07, 6.45) is 0. The Kier molecular flexibility index (Phi) is 5.06. The molecule has 0 aliphatic carbocycles. The van der Waals surface area contributed by atoms with Gasteiger partial charge in [-0.3, -0.25) is 0 Å². The fourth-order valence-electron chi connectivity index (χ4n) is 2.31. The van der Waals surface area contributed by atoms with E-state index in [0.29, 0.717) is 6.54 Å². The first-order valence-corrected chi connectivity index (χ1v) is 6.93. The van der Waals surface area contributed by atoms with Gasteiger partial charge in [0, 0.05) is 23.9 Å². The molecule has 3 N–H and O–H groups in total. The van der Waals surface area contributed by atoms with Crippen LogP contribution in [0.25, 0.3) is 0 Å². The number of anilines is 1. The maximum absolute atomic E-state index is 5.94. The van der Waals surface area contributed by atoms with Crippen LogP contribution in [0.5, 0.6) is 11.5 Å². The largest absolute Gasteiger partial charge is 0.497 e. The predicted molar refractivity (Wildman–Crippen MR) is 86.1 cm³/mol. The van der Waals surface area contributed by atoms with E-state index in [-0.39, 0.29) is 6.04 Å². The van der Waals surface area contributed by atoms with Gasteiger partial charge in [0.25, 0.3) is 0 Å². The van der Waals surface area contributed by atoms with Crippen LogP contribution in [-0.4, -0.2) is 20.8 Å². The third-order valence-corrected chi connectivity index (χ3v) is 3.41. The second-order valence-electron chi connectivity index (χ2n) is 4.91. The lowest BCUT2D eigenvalue weighted by Gasteiger charge is -2.21. The van der Waals surface area contributed by atoms with Crippen LogP contribution < -0.4 is 20.5 Å². The fourth-order valence-corrected chi connectivity index (χ4v) is 2.31. The molecular formula is C17H22N2O2. The maximum Gasteiger partial charge on any atom is 0.127 e. The molecule has 2 aromatic carbocycles. The summed E-state index contributed by atoms with van der Waals surface area (Å²) >= 11 is 0. The van der Waals surface area contributed by atoms with Crippen LogP contribution in [0.4, 0.5) is 5.69 Å². The van der Waals surface area contributed by atoms with Gasteiger partial charge < -0.3 is 20.5 Å². The minimum atomic E-state index is -0.0207. The van der Waals surface area contributed by atoms with E-state index in [9.17, 15) is 0 Å². The monoisotopic (exact) mass is 286 g/mol. The van der Waals surface area contributed by atoms with Crippen molar-refractivity contribution >= 4 is 5.69 Å². The molecule has 0 amide bonds. The first-order chi connectivity index (χ1) is 10.2. The van der Waals surface area contributed by atoms with Crippen molar-refractivity contribution in [2.45, 2.75) is 13.0 Å². The Labute approximate surface area is 125 Å². The smallest absolute Gasteiger partial charge is 0.127 e. The van der Waals surface area contributed by atoms with Crippen molar-refractivity contribution in [2.75, 3.05) is 26.1 Å². The van der Waals surface area contributed by atoms with E-state index >= 15 is 0 Å². The highest BCUT2D eigenvalue weighted by atomic mass is 16.5. The van der Waals surface area contributed by atoms with Crippen molar-refractivity contribution in [3.63, 3.8) is 0 Å². The normalized spacial score (nSPS) is 11.8. The summed E-state index contributed by atoms with van der Waals surface area (Å²) in [5.41, 5.74) is 9.20. The molecule has 0 aliphatic heterocycles. The van der Waals surface area contributed by atoms with Gasteiger partial charge in [-0.25, -0.2) is 0 Å². The zero-order valence-electron chi connectivity index (χ0n) is 12.7. The molecule has 0 heterocycles. The van der Waals surface area contributed by atoms with Crippen molar-refractivity contribution in [2.24, 2.45) is 5.73 Å². The molecule has 0 saturated carbocycles. The Bertz CT molecular complexity index is 599. The molecule has 0 aliphatic rings. The highest BCUT2D eigenvalue weighted by Crippen LogP contribution is 2.31. The van der Waals surface area contributed by atoms with Gasteiger partial charge in [0.2, 0.25) is 0 Å². The van der Waals surface area contributed by atoms with Crippen molar-refractivity contribution in [3.8, 4) is 11.5 Å². The molecule has 112 valence electrons. The molecule has 4 heteroatoms. The van der Waals surface area contributed by atoms with Gasteiger partial charge in [0.1, 0.15) is 11.5 Å². The number of hydrogen-bond donors (Lipinski definition) is 2. The van der Waals surface area contributed by atoms with Gasteiger partial charge in [-0.1, -0.05) is 12.1 Å². The van der Waals surface area contributed by atoms with E-state index in [1.54, 1.807) is 14.2 Å². The lowest BCUT2D eigenvalue weighted by atomic mass is 10.0. The lowest BCUT2D eigenvalue weighted by molar-refractivity contribution is 0.389. The first kappa shape index (κ1) is 15.2. The Morgan fingerprint density at radius 2 is 1.90 bits per heavy atom. The number of benzene rings is 2. The Morgan fingerprint density at radius 1 is 1.10 bits per heavy atom. The molecule has 0 radical (unpaired) electrons. The number of nitrogens with two attached hydrogens (primary N) is 1. The first-order valence-electron chi connectivity index (χ1n) is 6.93. The van der Waals surface area contributed by atoms with Crippen LogP contribution in [0.15, 0.2) is 42.5 Å². The summed E-state index contributed by atoms with van der Waals surface area (Å²) in [6, 6.07) is 14.0. The number of methoxy groups -OCH3 is 2. The Balaban J connectivity index is 2.28. The third-order valence-electron chi connectivity index (χ3n) is 3.41. The average Bonchev–Trinajstić information content (AvgIpc) is 2.52. The number of nitrogens with one attached hydrogen (secondary N) is 1. The predicted octanol–water partition coefficient (Wildman–Crippen LogP) is 3.12. The van der Waals surface area contributed by atoms with Gasteiger partial charge in [0.15, 0.2) is 0 Å². The van der Waals surface area contributed by atoms with Crippen LogP contribution in [0.1, 0.15) is 17.2 Å². The van der Waals surface area contributed by atoms with Crippen molar-refractivity contribution in [1.82, 2.24) is 0 Å². The fraction of sp³-hybridized carbons (Fsp3) is 0.294. The molecule has 0 saturated heterocycles. The molecule has 1 unspecified atom stereocenters. The highest BCUT2D eigenvalue weighted by Gasteiger charge is 2.15. The maximum atomic E-state index is 5.94. The van der Waals surface area contributed by atoms with Crippen molar-refractivity contribution in [3.05, 3.63) is 53.6 Å². The standard InChI is InChI=1S/C17H22N2O2/c1-12-5-4-6-13(9-12)19-16(11-18)15-8-7-14(20-2)10-17(15)21-3/h4-10,16,19H,11,18H2,1-3H3. The van der Waals surface area contributed by atoms with Crippen molar-refractivity contribution < 1.29 is 9.47 Å². The zero-order valence-corrected chi connectivity index (χ0v) is 12.7. The second kappa shape index (κ2) is 6.99. The van der Waals surface area contributed by atoms with E-state index in [0.717, 1.165) is 22.7 Å². The molecule has 1 atom stereocenters. The molecule has 21 heavy (non-hydrogen) atoms. The summed E-state index contributed by atoms with van der Waals surface area (Å²) in [5, 5.41) is 3.45. The molecule has 4 nitrogen and oxygen atoms in total. The topological polar surface area (TPSA) is 56.5 Å². The lowest BCUT2D eigenvalue weighted by Crippen LogP contribution is -2.21. The van der Waals surface area contributed by atoms with E-state index in [4.69, 9.17) is 15.2 Å². The molecular weight excluding hydrogens is 264 g/mol. The number of hydrogen-bond acceptors (Lipinski definition) is 4. The molecule has 0 aromatic heterocycles. The third kappa shape index (κ3) is 3.67. The molecule has 2 rings (SSSR count). The minimum Gasteiger partial charge on any atom is -0.497 e. The van der Waals surface area contributed by atoms with E-state index < -0.39 is 0 Å². The number of ether oxygens (including phenoxy) is 2. The van der Waals surface area contributed by atoms with Crippen LogP contribution in [0.3, 0.4) is 0 Å². The minimum absolute atomic E-state index is 0.0207. The number of aryl methyl sites for hydroxylation is 1. The van der Waals surface area contributed by atoms with Gasteiger partial charge in [-0.15, -0.1) is 0 Å². The summed E-state index contributed by atoms with van der Waals surface area (Å²) in [6.45, 7) is 2.53. The second-order valence-corrected chi connectivity index (χ2v) is 4.91. The molecule has 2 aromatic rings. The van der Waals surface area contributed by atoms with Crippen LogP contribution in [-0.2, 0) is 0 Å². The summed E-state index contributed by atoms with van der Waals surface area (Å²) in [5.74, 6) is 1.53. The van der Waals surface area contributed by atoms with Crippen LogP contribution >= 0.6 is 0 Å². The Morgan fingerprint density at radius 3 is 2.52 bits per heavy atom. The van der Waals surface area contributed by atoms with E-state index in [1.807, 2.05) is 30.3 Å². The summed E-state index contributed by atoms with van der Waals surface area (Å²) in [7, 11) is 3.29. The van der Waals surface area contributed by atoms with Gasteiger partial charge in [-0.05, 0) is 36.8 Å². The SMILES string of the molecule is COc1ccc(C(CN)Nc2cccc(C)c2)c(OC)c1. The highest BCUT2D eigenvalue weighted by molar-refractivity contribution is 5.51. The molecule has 0 spiro atoms. The zero-order chi connectivity index (χ0) is 15.2. The molecule has 0 fully saturated rings. The van der Waals surface area contributed by atoms with Gasteiger partial charge in [0.05, 0.1) is 20.3 Å². The van der Waals surface area contributed by atoms with Gasteiger partial charge >= 0.3 is 0 Å². The van der Waals surface area contributed by atoms with Gasteiger partial charge in [-0.2, -0.15) is 0 Å². The van der Waals surface area contributed by atoms with Crippen molar-refractivity contribution in [1.29, 1.82) is 0 Å². The van der Waals surface area contributed by atoms with Crippen LogP contribution in [0, 0.1) is 6.92 Å². The van der Waals surface area contributed by atoms with E-state index in [2.05, 4.69) is 24.4 Å². The van der Waals surface area contributed by atoms with E-state index in [1.165, 1.54) is 5.56 Å². The summed E-state index contributed by atoms with van der Waals surface area (Å²) in [4.78, 5) is 0. The summed E-state index contributed by atoms with van der Waals surface area (Å²) < 4.78 is 10.7. The number of rotatable bonds is 6. The Hall–Kier alpha value is -2.20. The van der Waals surface area contributed by atoms with Crippen LogP contribution in [0.2, 0.25) is 0 Å². The quantitative estimate of drug-likeness (QED) is 0.856. The average molecular weight is 286 g/mol. The molecule has 0 bridgehead atoms.